The number of nitrogens with zero attached hydrogens (tertiary/aromatic N) is 1. The predicted octanol–water partition coefficient (Wildman–Crippen LogP) is 1.42. The summed E-state index contributed by atoms with van der Waals surface area (Å²) in [6.45, 7) is 6.46. The van der Waals surface area contributed by atoms with Crippen LogP contribution in [0.3, 0.4) is 0 Å². The van der Waals surface area contributed by atoms with Crippen molar-refractivity contribution in [1.29, 1.82) is 0 Å². The zero-order valence-electron chi connectivity index (χ0n) is 6.98. The van der Waals surface area contributed by atoms with Crippen LogP contribution in [0, 0.1) is 0 Å². The molecule has 1 unspecified atom stereocenters. The van der Waals surface area contributed by atoms with Crippen LogP contribution >= 0.6 is 0 Å². The number of hydroxylamine groups is 3. The average molecular weight is 132 g/mol. The second kappa shape index (κ2) is 3.85. The highest BCUT2D eigenvalue weighted by atomic mass is 16.7. The number of quaternary nitrogens is 1. The van der Waals surface area contributed by atoms with Crippen LogP contribution in [0.15, 0.2) is 0 Å². The van der Waals surface area contributed by atoms with E-state index in [1.807, 2.05) is 0 Å². The molecule has 0 rings (SSSR count). The van der Waals surface area contributed by atoms with Crippen molar-refractivity contribution in [3.05, 3.63) is 0 Å². The van der Waals surface area contributed by atoms with Gasteiger partial charge in [-0.05, 0) is 13.3 Å². The molecule has 0 aliphatic carbocycles. The van der Waals surface area contributed by atoms with E-state index in [0.717, 1.165) is 17.7 Å². The van der Waals surface area contributed by atoms with Crippen LogP contribution in [0.4, 0.5) is 0 Å². The lowest BCUT2D eigenvalue weighted by Crippen LogP contribution is -2.42. The first-order valence-electron chi connectivity index (χ1n) is 3.58. The standard InChI is InChI=1S/C7H18NO/c1-5-7-8(3,6-2)9-4/h5-7H2,1-4H3/q+1. The Morgan fingerprint density at radius 3 is 2.00 bits per heavy atom. The smallest absolute Gasteiger partial charge is 0.108 e. The van der Waals surface area contributed by atoms with E-state index in [-0.39, 0.29) is 0 Å². The quantitative estimate of drug-likeness (QED) is 0.415. The molecule has 0 aliphatic rings. The molecule has 0 radical (unpaired) electrons. The summed E-state index contributed by atoms with van der Waals surface area (Å²) in [4.78, 5) is 5.26. The fraction of sp³-hybridized carbons (Fsp3) is 1.00. The third-order valence-corrected chi connectivity index (χ3v) is 1.81. The maximum atomic E-state index is 5.26. The van der Waals surface area contributed by atoms with E-state index in [4.69, 9.17) is 4.84 Å². The van der Waals surface area contributed by atoms with Crippen LogP contribution in [-0.2, 0) is 4.84 Å². The first-order valence-corrected chi connectivity index (χ1v) is 3.58. The van der Waals surface area contributed by atoms with Gasteiger partial charge < -0.3 is 0 Å². The van der Waals surface area contributed by atoms with Crippen LogP contribution in [0.5, 0.6) is 0 Å². The highest BCUT2D eigenvalue weighted by Crippen LogP contribution is 2.01. The van der Waals surface area contributed by atoms with Gasteiger partial charge in [-0.15, -0.1) is 0 Å². The topological polar surface area (TPSA) is 9.23 Å². The van der Waals surface area contributed by atoms with Crippen molar-refractivity contribution >= 4 is 0 Å². The second-order valence-corrected chi connectivity index (χ2v) is 2.52. The van der Waals surface area contributed by atoms with E-state index in [2.05, 4.69) is 20.9 Å². The molecule has 0 saturated carbocycles. The minimum atomic E-state index is 0.733. The van der Waals surface area contributed by atoms with Crippen LogP contribution < -0.4 is 0 Å². The van der Waals surface area contributed by atoms with Crippen molar-refractivity contribution < 1.29 is 9.48 Å². The molecular formula is C7H18NO+. The highest BCUT2D eigenvalue weighted by Gasteiger charge is 2.16. The van der Waals surface area contributed by atoms with Crippen molar-refractivity contribution in [2.75, 3.05) is 27.2 Å². The molecule has 56 valence electrons. The second-order valence-electron chi connectivity index (χ2n) is 2.52. The van der Waals surface area contributed by atoms with Gasteiger partial charge in [0.05, 0.1) is 14.2 Å². The molecule has 0 bridgehead atoms. The van der Waals surface area contributed by atoms with Gasteiger partial charge >= 0.3 is 0 Å². The van der Waals surface area contributed by atoms with Gasteiger partial charge in [-0.3, -0.25) is 0 Å². The Labute approximate surface area is 58.0 Å². The lowest BCUT2D eigenvalue weighted by molar-refractivity contribution is -1.09. The fourth-order valence-electron chi connectivity index (χ4n) is 0.852. The van der Waals surface area contributed by atoms with Gasteiger partial charge in [-0.1, -0.05) is 6.92 Å². The molecule has 0 heterocycles. The van der Waals surface area contributed by atoms with Crippen molar-refractivity contribution in [3.8, 4) is 0 Å². The molecule has 1 atom stereocenters. The molecule has 0 aliphatic heterocycles. The summed E-state index contributed by atoms with van der Waals surface area (Å²) in [5.74, 6) is 0. The predicted molar refractivity (Wildman–Crippen MR) is 38.9 cm³/mol. The molecule has 0 amide bonds. The van der Waals surface area contributed by atoms with Crippen LogP contribution in [0.1, 0.15) is 20.3 Å². The Hall–Kier alpha value is -0.0800. The van der Waals surface area contributed by atoms with Crippen molar-refractivity contribution in [2.45, 2.75) is 20.3 Å². The van der Waals surface area contributed by atoms with Gasteiger partial charge in [0.1, 0.15) is 13.1 Å². The normalized spacial score (nSPS) is 17.3. The summed E-state index contributed by atoms with van der Waals surface area (Å²) < 4.78 is 0.733. The maximum absolute atomic E-state index is 5.26. The van der Waals surface area contributed by atoms with E-state index in [1.165, 1.54) is 6.42 Å². The molecule has 0 spiro atoms. The Balaban J connectivity index is 3.62. The van der Waals surface area contributed by atoms with Crippen molar-refractivity contribution in [1.82, 2.24) is 0 Å². The molecule has 9 heavy (non-hydrogen) atoms. The van der Waals surface area contributed by atoms with Gasteiger partial charge in [0.25, 0.3) is 0 Å². The summed E-state index contributed by atoms with van der Waals surface area (Å²) in [7, 11) is 3.86. The van der Waals surface area contributed by atoms with Crippen LogP contribution in [-0.4, -0.2) is 31.9 Å². The average Bonchev–Trinajstić information content (AvgIpc) is 1.89. The van der Waals surface area contributed by atoms with Gasteiger partial charge in [0.2, 0.25) is 0 Å². The minimum Gasteiger partial charge on any atom is -0.206 e. The van der Waals surface area contributed by atoms with E-state index in [9.17, 15) is 0 Å². The molecule has 2 heteroatoms. The number of rotatable bonds is 4. The van der Waals surface area contributed by atoms with E-state index < -0.39 is 0 Å². The fourth-order valence-corrected chi connectivity index (χ4v) is 0.852. The first kappa shape index (κ1) is 8.92. The zero-order valence-corrected chi connectivity index (χ0v) is 6.98. The Kier molecular flexibility index (Phi) is 3.82. The third kappa shape index (κ3) is 2.82. The summed E-state index contributed by atoms with van der Waals surface area (Å²) >= 11 is 0. The summed E-state index contributed by atoms with van der Waals surface area (Å²) in [5.41, 5.74) is 0. The lowest BCUT2D eigenvalue weighted by atomic mass is 10.4. The largest absolute Gasteiger partial charge is 0.206 e. The number of hydrogen-bond donors (Lipinski definition) is 0. The van der Waals surface area contributed by atoms with Crippen LogP contribution in [0.25, 0.3) is 0 Å². The Morgan fingerprint density at radius 2 is 1.89 bits per heavy atom. The summed E-state index contributed by atoms with van der Waals surface area (Å²) in [6.07, 6.45) is 1.18. The molecule has 0 aromatic carbocycles. The van der Waals surface area contributed by atoms with Gasteiger partial charge in [0, 0.05) is 0 Å². The highest BCUT2D eigenvalue weighted by molar-refractivity contribution is 4.22. The van der Waals surface area contributed by atoms with E-state index in [0.29, 0.717) is 0 Å². The zero-order chi connectivity index (χ0) is 7.33. The van der Waals surface area contributed by atoms with Gasteiger partial charge in [0.15, 0.2) is 0 Å². The summed E-state index contributed by atoms with van der Waals surface area (Å²) in [5, 5.41) is 0. The SMILES string of the molecule is CCC[N+](C)(CC)OC. The van der Waals surface area contributed by atoms with Crippen molar-refractivity contribution in [2.24, 2.45) is 0 Å². The van der Waals surface area contributed by atoms with E-state index >= 15 is 0 Å². The Morgan fingerprint density at radius 1 is 1.33 bits per heavy atom. The molecule has 0 aromatic heterocycles. The molecule has 0 aromatic rings. The first-order chi connectivity index (χ1) is 4.18. The maximum Gasteiger partial charge on any atom is 0.108 e. The molecule has 2 nitrogen and oxygen atoms in total. The van der Waals surface area contributed by atoms with Crippen LogP contribution in [0.2, 0.25) is 0 Å². The lowest BCUT2D eigenvalue weighted by Gasteiger charge is -2.27. The van der Waals surface area contributed by atoms with Gasteiger partial charge in [-0.25, -0.2) is 4.84 Å². The number of hydrogen-bond acceptors (Lipinski definition) is 1. The molecule has 0 saturated heterocycles. The van der Waals surface area contributed by atoms with E-state index in [1.54, 1.807) is 7.11 Å². The molecule has 0 N–H and O–H groups in total. The molecule has 0 fully saturated rings. The Bertz CT molecular complexity index is 69.3. The third-order valence-electron chi connectivity index (χ3n) is 1.81. The minimum absolute atomic E-state index is 0.733. The summed E-state index contributed by atoms with van der Waals surface area (Å²) in [6, 6.07) is 0. The molecular weight excluding hydrogens is 114 g/mol. The van der Waals surface area contributed by atoms with Crippen molar-refractivity contribution in [3.63, 3.8) is 0 Å². The monoisotopic (exact) mass is 132 g/mol. The van der Waals surface area contributed by atoms with Gasteiger partial charge in [-0.2, -0.15) is 4.65 Å².